The summed E-state index contributed by atoms with van der Waals surface area (Å²) in [4.78, 5) is 11.5. The van der Waals surface area contributed by atoms with E-state index in [9.17, 15) is 4.79 Å². The van der Waals surface area contributed by atoms with E-state index in [1.54, 1.807) is 12.5 Å². The van der Waals surface area contributed by atoms with E-state index in [0.717, 1.165) is 48.3 Å². The van der Waals surface area contributed by atoms with E-state index in [2.05, 4.69) is 40.7 Å². The molecule has 4 aliphatic carbocycles. The monoisotopic (exact) mass is 428 g/mol. The standard InChI is InChI=1S/C29H48O2/c1-19(2)8-7-9-20(3)25-12-13-26-24-11-10-22-18-23(31-21(4)30)14-16-28(22,5)27(24)15-17-29(25,26)6/h10,19-20,23-27H,7-9,11-18H2,1-6H3/t20-,23+,24+,25-,26+,27+,28+,29-/m0/s1. The van der Waals surface area contributed by atoms with Gasteiger partial charge in [0.05, 0.1) is 0 Å². The van der Waals surface area contributed by atoms with E-state index in [0.29, 0.717) is 10.8 Å². The van der Waals surface area contributed by atoms with Crippen LogP contribution in [0.15, 0.2) is 11.6 Å². The predicted molar refractivity (Wildman–Crippen MR) is 129 cm³/mol. The van der Waals surface area contributed by atoms with Crippen LogP contribution in [0.3, 0.4) is 0 Å². The van der Waals surface area contributed by atoms with Crippen LogP contribution in [-0.4, -0.2) is 12.1 Å². The van der Waals surface area contributed by atoms with Crippen molar-refractivity contribution in [3.8, 4) is 0 Å². The van der Waals surface area contributed by atoms with Gasteiger partial charge in [0.25, 0.3) is 0 Å². The fraction of sp³-hybridized carbons (Fsp3) is 0.897. The van der Waals surface area contributed by atoms with Gasteiger partial charge in [-0.05, 0) is 91.3 Å². The highest BCUT2D eigenvalue weighted by Gasteiger charge is 2.59. The third-order valence-electron chi connectivity index (χ3n) is 10.6. The molecule has 0 amide bonds. The summed E-state index contributed by atoms with van der Waals surface area (Å²) in [6.07, 6.45) is 17.2. The van der Waals surface area contributed by atoms with Crippen LogP contribution in [0, 0.1) is 46.3 Å². The van der Waals surface area contributed by atoms with Crippen molar-refractivity contribution in [3.05, 3.63) is 11.6 Å². The zero-order chi connectivity index (χ0) is 22.4. The first-order valence-electron chi connectivity index (χ1n) is 13.5. The molecule has 2 heteroatoms. The van der Waals surface area contributed by atoms with Gasteiger partial charge in [0.1, 0.15) is 6.10 Å². The van der Waals surface area contributed by atoms with Gasteiger partial charge in [-0.1, -0.05) is 65.5 Å². The molecule has 0 heterocycles. The molecule has 0 aromatic carbocycles. The van der Waals surface area contributed by atoms with Crippen molar-refractivity contribution in [1.29, 1.82) is 0 Å². The fourth-order valence-corrected chi connectivity index (χ4v) is 8.99. The molecule has 4 aliphatic rings. The second kappa shape index (κ2) is 8.86. The van der Waals surface area contributed by atoms with Gasteiger partial charge < -0.3 is 4.74 Å². The summed E-state index contributed by atoms with van der Waals surface area (Å²) in [7, 11) is 0. The van der Waals surface area contributed by atoms with E-state index < -0.39 is 0 Å². The summed E-state index contributed by atoms with van der Waals surface area (Å²) in [5.41, 5.74) is 2.53. The average molecular weight is 429 g/mol. The molecule has 0 radical (unpaired) electrons. The highest BCUT2D eigenvalue weighted by Crippen LogP contribution is 2.67. The molecular weight excluding hydrogens is 380 g/mol. The minimum Gasteiger partial charge on any atom is -0.462 e. The maximum Gasteiger partial charge on any atom is 0.302 e. The summed E-state index contributed by atoms with van der Waals surface area (Å²) in [5.74, 6) is 5.19. The molecule has 3 fully saturated rings. The quantitative estimate of drug-likeness (QED) is 0.317. The van der Waals surface area contributed by atoms with Crippen LogP contribution in [0.25, 0.3) is 0 Å². The van der Waals surface area contributed by atoms with Gasteiger partial charge in [0.2, 0.25) is 0 Å². The number of hydrogen-bond donors (Lipinski definition) is 0. The SMILES string of the molecule is CC(=O)O[C@@H]1CC[C@]2(C)C(=CC[C@@H]3[C@H]4CC[C@@H]([C@@H](C)CCCC(C)C)[C@]4(C)CC[C@H]32)C1. The molecule has 0 spiro atoms. The van der Waals surface area contributed by atoms with E-state index in [-0.39, 0.29) is 12.1 Å². The van der Waals surface area contributed by atoms with Gasteiger partial charge in [-0.2, -0.15) is 0 Å². The van der Waals surface area contributed by atoms with Gasteiger partial charge in [-0.15, -0.1) is 0 Å². The Hall–Kier alpha value is -0.790. The number of carbonyl (C=O) groups excluding carboxylic acids is 1. The molecule has 0 saturated heterocycles. The van der Waals surface area contributed by atoms with Crippen molar-refractivity contribution < 1.29 is 9.53 Å². The maximum absolute atomic E-state index is 11.5. The second-order valence-corrected chi connectivity index (χ2v) is 12.8. The molecule has 4 rings (SSSR count). The Bertz CT molecular complexity index is 693. The van der Waals surface area contributed by atoms with Crippen molar-refractivity contribution in [2.75, 3.05) is 0 Å². The summed E-state index contributed by atoms with van der Waals surface area (Å²) >= 11 is 0. The first-order chi connectivity index (χ1) is 14.6. The van der Waals surface area contributed by atoms with Gasteiger partial charge in [0.15, 0.2) is 0 Å². The van der Waals surface area contributed by atoms with Crippen LogP contribution >= 0.6 is 0 Å². The zero-order valence-electron chi connectivity index (χ0n) is 21.2. The number of allylic oxidation sites excluding steroid dienone is 1. The Morgan fingerprint density at radius 2 is 1.84 bits per heavy atom. The molecule has 31 heavy (non-hydrogen) atoms. The molecule has 3 saturated carbocycles. The van der Waals surface area contributed by atoms with Crippen LogP contribution in [0.5, 0.6) is 0 Å². The van der Waals surface area contributed by atoms with Crippen molar-refractivity contribution in [3.63, 3.8) is 0 Å². The number of esters is 1. The molecule has 0 bridgehead atoms. The number of rotatable bonds is 6. The van der Waals surface area contributed by atoms with Crippen LogP contribution in [0.1, 0.15) is 112 Å². The Balaban J connectivity index is 1.47. The number of fused-ring (bicyclic) bond motifs is 5. The molecular formula is C29H48O2. The molecule has 0 N–H and O–H groups in total. The highest BCUT2D eigenvalue weighted by atomic mass is 16.5. The number of ether oxygens (including phenoxy) is 1. The third-order valence-corrected chi connectivity index (χ3v) is 10.6. The maximum atomic E-state index is 11.5. The van der Waals surface area contributed by atoms with Gasteiger partial charge in [0, 0.05) is 13.3 Å². The second-order valence-electron chi connectivity index (χ2n) is 12.8. The van der Waals surface area contributed by atoms with Crippen molar-refractivity contribution in [1.82, 2.24) is 0 Å². The molecule has 0 aromatic rings. The topological polar surface area (TPSA) is 26.3 Å². The van der Waals surface area contributed by atoms with Crippen LogP contribution in [-0.2, 0) is 9.53 Å². The summed E-state index contributed by atoms with van der Waals surface area (Å²) in [6, 6.07) is 0. The van der Waals surface area contributed by atoms with Crippen LogP contribution in [0.4, 0.5) is 0 Å². The lowest BCUT2D eigenvalue weighted by atomic mass is 9.47. The average Bonchev–Trinajstić information content (AvgIpc) is 3.05. The Kier molecular flexibility index (Phi) is 6.68. The minimum atomic E-state index is -0.115. The van der Waals surface area contributed by atoms with E-state index in [1.807, 2.05) is 0 Å². The van der Waals surface area contributed by atoms with Crippen molar-refractivity contribution in [2.45, 2.75) is 118 Å². The molecule has 0 aromatic heterocycles. The van der Waals surface area contributed by atoms with E-state index in [1.165, 1.54) is 57.8 Å². The normalized spacial score (nSPS) is 42.9. The van der Waals surface area contributed by atoms with Crippen LogP contribution < -0.4 is 0 Å². The lowest BCUT2D eigenvalue weighted by Gasteiger charge is -2.58. The fourth-order valence-electron chi connectivity index (χ4n) is 8.99. The number of hydrogen-bond acceptors (Lipinski definition) is 2. The van der Waals surface area contributed by atoms with E-state index >= 15 is 0 Å². The third kappa shape index (κ3) is 4.26. The zero-order valence-corrected chi connectivity index (χ0v) is 21.2. The predicted octanol–water partition coefficient (Wildman–Crippen LogP) is 7.96. The van der Waals surface area contributed by atoms with E-state index in [4.69, 9.17) is 4.74 Å². The van der Waals surface area contributed by atoms with Crippen LogP contribution in [0.2, 0.25) is 0 Å². The first kappa shape index (κ1) is 23.4. The molecule has 8 atom stereocenters. The largest absolute Gasteiger partial charge is 0.462 e. The summed E-state index contributed by atoms with van der Waals surface area (Å²) in [5, 5.41) is 0. The van der Waals surface area contributed by atoms with Gasteiger partial charge >= 0.3 is 5.97 Å². The number of carbonyl (C=O) groups is 1. The van der Waals surface area contributed by atoms with Crippen molar-refractivity contribution in [2.24, 2.45) is 46.3 Å². The summed E-state index contributed by atoms with van der Waals surface area (Å²) in [6.45, 7) is 14.1. The smallest absolute Gasteiger partial charge is 0.302 e. The van der Waals surface area contributed by atoms with Gasteiger partial charge in [-0.3, -0.25) is 4.79 Å². The lowest BCUT2D eigenvalue weighted by molar-refractivity contribution is -0.148. The Morgan fingerprint density at radius 3 is 2.55 bits per heavy atom. The Labute approximate surface area is 192 Å². The minimum absolute atomic E-state index is 0.115. The highest BCUT2D eigenvalue weighted by molar-refractivity contribution is 5.66. The van der Waals surface area contributed by atoms with Crippen molar-refractivity contribution >= 4 is 5.97 Å². The molecule has 2 nitrogen and oxygen atoms in total. The summed E-state index contributed by atoms with van der Waals surface area (Å²) < 4.78 is 5.61. The van der Waals surface area contributed by atoms with Gasteiger partial charge in [-0.25, -0.2) is 0 Å². The Morgan fingerprint density at radius 1 is 1.06 bits per heavy atom. The first-order valence-corrected chi connectivity index (χ1v) is 13.5. The molecule has 176 valence electrons. The molecule has 0 unspecified atom stereocenters. The lowest BCUT2D eigenvalue weighted by Crippen LogP contribution is -2.51. The molecule has 0 aliphatic heterocycles.